The summed E-state index contributed by atoms with van der Waals surface area (Å²) >= 11 is 0. The van der Waals surface area contributed by atoms with Crippen LogP contribution in [0.4, 0.5) is 0 Å². The number of hydrogen-bond donors (Lipinski definition) is 1. The van der Waals surface area contributed by atoms with E-state index in [-0.39, 0.29) is 0 Å². The molecule has 1 aliphatic heterocycles. The molecule has 0 radical (unpaired) electrons. The molecule has 0 spiro atoms. The van der Waals surface area contributed by atoms with Gasteiger partial charge in [-0.15, -0.1) is 0 Å². The zero-order valence-corrected chi connectivity index (χ0v) is 11.8. The third-order valence-corrected chi connectivity index (χ3v) is 3.91. The lowest BCUT2D eigenvalue weighted by Gasteiger charge is -2.11. The van der Waals surface area contributed by atoms with E-state index in [2.05, 4.69) is 23.0 Å². The van der Waals surface area contributed by atoms with Crippen LogP contribution in [0.1, 0.15) is 23.6 Å². The highest BCUT2D eigenvalue weighted by molar-refractivity contribution is 5.56. The molecule has 1 atom stereocenters. The van der Waals surface area contributed by atoms with Gasteiger partial charge in [-0.2, -0.15) is 0 Å². The zero-order valence-electron chi connectivity index (χ0n) is 11.8. The minimum absolute atomic E-state index is 0.527. The van der Waals surface area contributed by atoms with E-state index in [1.807, 2.05) is 30.5 Å². The normalized spacial score (nSPS) is 19.4. The Balaban J connectivity index is 1.90. The van der Waals surface area contributed by atoms with Crippen LogP contribution >= 0.6 is 0 Å². The Morgan fingerprint density at radius 1 is 1.35 bits per heavy atom. The van der Waals surface area contributed by atoms with Gasteiger partial charge in [0.25, 0.3) is 0 Å². The standard InChI is InChI=1S/C16H20N4/c1-20-8-6-14(11-20)15-5-7-18-16(19-15)13-4-2-3-12(9-13)10-17/h2-5,7,9,14H,6,8,10-11,17H2,1H3. The fraction of sp³-hybridized carbons (Fsp3) is 0.375. The molecule has 0 aliphatic carbocycles. The van der Waals surface area contributed by atoms with Gasteiger partial charge >= 0.3 is 0 Å². The van der Waals surface area contributed by atoms with Gasteiger partial charge in [0.1, 0.15) is 0 Å². The van der Waals surface area contributed by atoms with E-state index in [4.69, 9.17) is 10.7 Å². The number of likely N-dealkylation sites (tertiary alicyclic amines) is 1. The lowest BCUT2D eigenvalue weighted by atomic mass is 10.0. The topological polar surface area (TPSA) is 55.0 Å². The van der Waals surface area contributed by atoms with Crippen LogP contribution in [0.5, 0.6) is 0 Å². The first-order valence-electron chi connectivity index (χ1n) is 7.07. The quantitative estimate of drug-likeness (QED) is 0.925. The van der Waals surface area contributed by atoms with Crippen molar-refractivity contribution in [3.63, 3.8) is 0 Å². The summed E-state index contributed by atoms with van der Waals surface area (Å²) in [6, 6.07) is 10.2. The van der Waals surface area contributed by atoms with Gasteiger partial charge in [0.2, 0.25) is 0 Å². The molecule has 1 saturated heterocycles. The maximum Gasteiger partial charge on any atom is 0.159 e. The van der Waals surface area contributed by atoms with Crippen molar-refractivity contribution in [2.45, 2.75) is 18.9 Å². The lowest BCUT2D eigenvalue weighted by molar-refractivity contribution is 0.410. The fourth-order valence-electron chi connectivity index (χ4n) is 2.75. The molecule has 1 aromatic carbocycles. The van der Waals surface area contributed by atoms with Crippen LogP contribution in [-0.4, -0.2) is 35.0 Å². The van der Waals surface area contributed by atoms with Gasteiger partial charge in [-0.1, -0.05) is 18.2 Å². The zero-order chi connectivity index (χ0) is 13.9. The van der Waals surface area contributed by atoms with E-state index < -0.39 is 0 Å². The first-order chi connectivity index (χ1) is 9.76. The molecule has 1 unspecified atom stereocenters. The lowest BCUT2D eigenvalue weighted by Crippen LogP contribution is -2.14. The molecule has 4 heteroatoms. The number of rotatable bonds is 3. The largest absolute Gasteiger partial charge is 0.326 e. The molecule has 2 N–H and O–H groups in total. The Bertz CT molecular complexity index is 597. The number of benzene rings is 1. The van der Waals surface area contributed by atoms with E-state index in [9.17, 15) is 0 Å². The highest BCUT2D eigenvalue weighted by atomic mass is 15.1. The van der Waals surface area contributed by atoms with E-state index in [1.165, 1.54) is 6.42 Å². The van der Waals surface area contributed by atoms with E-state index in [1.54, 1.807) is 0 Å². The number of likely N-dealkylation sites (N-methyl/N-ethyl adjacent to an activating group) is 1. The van der Waals surface area contributed by atoms with Gasteiger partial charge in [-0.25, -0.2) is 9.97 Å². The average molecular weight is 268 g/mol. The van der Waals surface area contributed by atoms with E-state index in [0.717, 1.165) is 35.7 Å². The molecule has 1 aliphatic rings. The van der Waals surface area contributed by atoms with Crippen molar-refractivity contribution in [1.29, 1.82) is 0 Å². The number of aromatic nitrogens is 2. The summed E-state index contributed by atoms with van der Waals surface area (Å²) in [4.78, 5) is 11.5. The van der Waals surface area contributed by atoms with Crippen molar-refractivity contribution >= 4 is 0 Å². The Morgan fingerprint density at radius 2 is 2.25 bits per heavy atom. The number of hydrogen-bond acceptors (Lipinski definition) is 4. The first-order valence-corrected chi connectivity index (χ1v) is 7.07. The van der Waals surface area contributed by atoms with Crippen molar-refractivity contribution in [1.82, 2.24) is 14.9 Å². The third kappa shape index (κ3) is 2.71. The minimum Gasteiger partial charge on any atom is -0.326 e. The SMILES string of the molecule is CN1CCC(c2ccnc(-c3cccc(CN)c3)n2)C1. The summed E-state index contributed by atoms with van der Waals surface area (Å²) < 4.78 is 0. The predicted octanol–water partition coefficient (Wildman–Crippen LogP) is 2.02. The molecule has 1 aromatic heterocycles. The number of nitrogens with two attached hydrogens (primary N) is 1. The molecular weight excluding hydrogens is 248 g/mol. The summed E-state index contributed by atoms with van der Waals surface area (Å²) in [5.74, 6) is 1.33. The summed E-state index contributed by atoms with van der Waals surface area (Å²) in [6.45, 7) is 2.77. The van der Waals surface area contributed by atoms with E-state index >= 15 is 0 Å². The minimum atomic E-state index is 0.527. The summed E-state index contributed by atoms with van der Waals surface area (Å²) in [6.07, 6.45) is 3.04. The van der Waals surface area contributed by atoms with Gasteiger partial charge in [-0.3, -0.25) is 0 Å². The van der Waals surface area contributed by atoms with Crippen LogP contribution in [-0.2, 0) is 6.54 Å². The third-order valence-electron chi connectivity index (χ3n) is 3.91. The van der Waals surface area contributed by atoms with Crippen LogP contribution in [0.25, 0.3) is 11.4 Å². The summed E-state index contributed by atoms with van der Waals surface area (Å²) in [5.41, 5.74) is 9.00. The second-order valence-electron chi connectivity index (χ2n) is 5.46. The van der Waals surface area contributed by atoms with Gasteiger partial charge in [0, 0.05) is 36.5 Å². The highest BCUT2D eigenvalue weighted by Gasteiger charge is 2.22. The molecule has 0 bridgehead atoms. The molecule has 0 saturated carbocycles. The van der Waals surface area contributed by atoms with E-state index in [0.29, 0.717) is 12.5 Å². The van der Waals surface area contributed by atoms with Crippen LogP contribution in [0, 0.1) is 0 Å². The molecule has 1 fully saturated rings. The average Bonchev–Trinajstić information content (AvgIpc) is 2.94. The Kier molecular flexibility index (Phi) is 3.76. The Morgan fingerprint density at radius 3 is 3.00 bits per heavy atom. The highest BCUT2D eigenvalue weighted by Crippen LogP contribution is 2.26. The van der Waals surface area contributed by atoms with Crippen molar-refractivity contribution in [2.24, 2.45) is 5.73 Å². The van der Waals surface area contributed by atoms with Crippen LogP contribution in [0.2, 0.25) is 0 Å². The van der Waals surface area contributed by atoms with Crippen molar-refractivity contribution in [3.05, 3.63) is 47.8 Å². The molecule has 0 amide bonds. The van der Waals surface area contributed by atoms with Crippen molar-refractivity contribution < 1.29 is 0 Å². The first kappa shape index (κ1) is 13.2. The number of nitrogens with zero attached hydrogens (tertiary/aromatic N) is 3. The molecule has 2 aromatic rings. The van der Waals surface area contributed by atoms with Crippen LogP contribution < -0.4 is 5.73 Å². The smallest absolute Gasteiger partial charge is 0.159 e. The van der Waals surface area contributed by atoms with Gasteiger partial charge in [0.05, 0.1) is 0 Å². The van der Waals surface area contributed by atoms with Gasteiger partial charge in [-0.05, 0) is 37.7 Å². The van der Waals surface area contributed by atoms with Crippen LogP contribution in [0.3, 0.4) is 0 Å². The van der Waals surface area contributed by atoms with Gasteiger partial charge < -0.3 is 10.6 Å². The summed E-state index contributed by atoms with van der Waals surface area (Å²) in [5, 5.41) is 0. The second kappa shape index (κ2) is 5.69. The predicted molar refractivity (Wildman–Crippen MR) is 80.2 cm³/mol. The maximum absolute atomic E-state index is 5.70. The molecule has 3 rings (SSSR count). The molecule has 104 valence electrons. The van der Waals surface area contributed by atoms with Crippen molar-refractivity contribution in [2.75, 3.05) is 20.1 Å². The monoisotopic (exact) mass is 268 g/mol. The van der Waals surface area contributed by atoms with Crippen LogP contribution in [0.15, 0.2) is 36.5 Å². The molecule has 2 heterocycles. The van der Waals surface area contributed by atoms with Crippen molar-refractivity contribution in [3.8, 4) is 11.4 Å². The molecular formula is C16H20N4. The maximum atomic E-state index is 5.70. The molecule has 20 heavy (non-hydrogen) atoms. The second-order valence-corrected chi connectivity index (χ2v) is 5.46. The summed E-state index contributed by atoms with van der Waals surface area (Å²) in [7, 11) is 2.16. The molecule has 4 nitrogen and oxygen atoms in total. The fourth-order valence-corrected chi connectivity index (χ4v) is 2.75. The Labute approximate surface area is 119 Å². The Hall–Kier alpha value is -1.78. The van der Waals surface area contributed by atoms with Gasteiger partial charge in [0.15, 0.2) is 5.82 Å².